The van der Waals surface area contributed by atoms with E-state index in [9.17, 15) is 10.1 Å². The molecule has 8 heteroatoms. The second-order valence-corrected chi connectivity index (χ2v) is 3.21. The van der Waals surface area contributed by atoms with Gasteiger partial charge in [0.2, 0.25) is 0 Å². The quantitative estimate of drug-likeness (QED) is 0.446. The van der Waals surface area contributed by atoms with E-state index in [1.54, 1.807) is 0 Å². The van der Waals surface area contributed by atoms with Gasteiger partial charge in [-0.2, -0.15) is 0 Å². The van der Waals surface area contributed by atoms with Crippen molar-refractivity contribution in [3.05, 3.63) is 32.3 Å². The van der Waals surface area contributed by atoms with E-state index in [1.165, 1.54) is 6.07 Å². The molecule has 0 spiro atoms. The Kier molecular flexibility index (Phi) is 3.33. The molecule has 1 aromatic rings. The number of rotatable bonds is 2. The van der Waals surface area contributed by atoms with Gasteiger partial charge in [-0.25, -0.2) is 0 Å². The van der Waals surface area contributed by atoms with E-state index < -0.39 is 17.7 Å². The molecule has 1 rings (SSSR count). The summed E-state index contributed by atoms with van der Waals surface area (Å²) in [7, 11) is -1.94. The van der Waals surface area contributed by atoms with Crippen molar-refractivity contribution in [1.82, 2.24) is 0 Å². The standard InChI is InChI=1S/C6H4BCl2NO4/c8-3-1-2-4(10(13)14)6(9)5(3)7(11)12/h1-2,11-12H. The molecular weight excluding hydrogens is 232 g/mol. The van der Waals surface area contributed by atoms with Crippen molar-refractivity contribution in [2.45, 2.75) is 0 Å². The number of halogens is 2. The van der Waals surface area contributed by atoms with Crippen LogP contribution in [0.25, 0.3) is 0 Å². The van der Waals surface area contributed by atoms with Crippen LogP contribution in [0.4, 0.5) is 5.69 Å². The molecule has 0 saturated carbocycles. The molecule has 0 amide bonds. The molecule has 0 fully saturated rings. The van der Waals surface area contributed by atoms with E-state index >= 15 is 0 Å². The molecule has 74 valence electrons. The maximum atomic E-state index is 10.4. The Morgan fingerprint density at radius 1 is 1.36 bits per heavy atom. The van der Waals surface area contributed by atoms with Crippen molar-refractivity contribution in [2.75, 3.05) is 0 Å². The Bertz CT molecular complexity index is 384. The lowest BCUT2D eigenvalue weighted by atomic mass is 9.80. The molecule has 14 heavy (non-hydrogen) atoms. The monoisotopic (exact) mass is 235 g/mol. The third-order valence-electron chi connectivity index (χ3n) is 1.56. The van der Waals surface area contributed by atoms with Gasteiger partial charge in [0.25, 0.3) is 5.69 Å². The Morgan fingerprint density at radius 3 is 2.36 bits per heavy atom. The molecule has 0 aliphatic carbocycles. The van der Waals surface area contributed by atoms with E-state index in [2.05, 4.69) is 0 Å². The van der Waals surface area contributed by atoms with E-state index in [1.807, 2.05) is 0 Å². The largest absolute Gasteiger partial charge is 0.491 e. The lowest BCUT2D eigenvalue weighted by molar-refractivity contribution is -0.384. The summed E-state index contributed by atoms with van der Waals surface area (Å²) in [5.74, 6) is 0. The zero-order valence-electron chi connectivity index (χ0n) is 6.65. The van der Waals surface area contributed by atoms with Crippen molar-refractivity contribution in [2.24, 2.45) is 0 Å². The van der Waals surface area contributed by atoms with Gasteiger partial charge in [0, 0.05) is 16.6 Å². The Morgan fingerprint density at radius 2 is 1.93 bits per heavy atom. The summed E-state index contributed by atoms with van der Waals surface area (Å²) < 4.78 is 0. The van der Waals surface area contributed by atoms with Gasteiger partial charge in [-0.15, -0.1) is 0 Å². The van der Waals surface area contributed by atoms with E-state index in [0.717, 1.165) is 6.07 Å². The third-order valence-corrected chi connectivity index (χ3v) is 2.29. The molecule has 0 saturated heterocycles. The number of nitrogens with zero attached hydrogens (tertiary/aromatic N) is 1. The fourth-order valence-corrected chi connectivity index (χ4v) is 1.57. The summed E-state index contributed by atoms with van der Waals surface area (Å²) in [6.45, 7) is 0. The topological polar surface area (TPSA) is 83.6 Å². The van der Waals surface area contributed by atoms with Crippen LogP contribution in [-0.4, -0.2) is 22.1 Å². The minimum Gasteiger partial charge on any atom is -0.423 e. The average Bonchev–Trinajstić information content (AvgIpc) is 2.02. The molecule has 0 aliphatic rings. The van der Waals surface area contributed by atoms with Crippen LogP contribution < -0.4 is 5.46 Å². The second-order valence-electron chi connectivity index (χ2n) is 2.42. The lowest BCUT2D eigenvalue weighted by Gasteiger charge is -2.05. The van der Waals surface area contributed by atoms with Crippen LogP contribution >= 0.6 is 23.2 Å². The second kappa shape index (κ2) is 4.14. The van der Waals surface area contributed by atoms with Crippen molar-refractivity contribution in [3.63, 3.8) is 0 Å². The van der Waals surface area contributed by atoms with E-state index in [0.29, 0.717) is 0 Å². The molecule has 2 N–H and O–H groups in total. The van der Waals surface area contributed by atoms with Crippen molar-refractivity contribution < 1.29 is 15.0 Å². The number of hydrogen-bond acceptors (Lipinski definition) is 4. The van der Waals surface area contributed by atoms with Crippen LogP contribution in [0.2, 0.25) is 10.0 Å². The number of nitro benzene ring substituents is 1. The van der Waals surface area contributed by atoms with Gasteiger partial charge in [0.05, 0.1) is 4.92 Å². The zero-order valence-corrected chi connectivity index (χ0v) is 8.16. The third kappa shape index (κ3) is 1.98. The van der Waals surface area contributed by atoms with Crippen molar-refractivity contribution in [1.29, 1.82) is 0 Å². The summed E-state index contributed by atoms with van der Waals surface area (Å²) in [6, 6.07) is 2.27. The smallest absolute Gasteiger partial charge is 0.423 e. The SMILES string of the molecule is O=[N+]([O-])c1ccc(Cl)c(B(O)O)c1Cl. The molecule has 0 unspecified atom stereocenters. The van der Waals surface area contributed by atoms with Gasteiger partial charge in [-0.05, 0) is 6.07 Å². The van der Waals surface area contributed by atoms with Gasteiger partial charge < -0.3 is 10.0 Å². The maximum Gasteiger partial charge on any atom is 0.491 e. The average molecular weight is 236 g/mol. The van der Waals surface area contributed by atoms with Crippen LogP contribution in [0.1, 0.15) is 0 Å². The van der Waals surface area contributed by atoms with Gasteiger partial charge >= 0.3 is 7.12 Å². The minimum atomic E-state index is -1.94. The summed E-state index contributed by atoms with van der Waals surface area (Å²) in [4.78, 5) is 9.69. The molecule has 0 aliphatic heterocycles. The van der Waals surface area contributed by atoms with Crippen LogP contribution in [0.3, 0.4) is 0 Å². The van der Waals surface area contributed by atoms with Gasteiger partial charge in [-0.1, -0.05) is 23.2 Å². The van der Waals surface area contributed by atoms with Crippen LogP contribution in [-0.2, 0) is 0 Å². The predicted octanol–water partition coefficient (Wildman–Crippen LogP) is 0.581. The molecule has 0 radical (unpaired) electrons. The first-order chi connectivity index (χ1) is 6.45. The normalized spacial score (nSPS) is 10.0. The number of benzene rings is 1. The Labute approximate surface area is 89.2 Å². The van der Waals surface area contributed by atoms with Gasteiger partial charge in [0.15, 0.2) is 0 Å². The summed E-state index contributed by atoms with van der Waals surface area (Å²) in [5.41, 5.74) is -0.679. The Hall–Kier alpha value is -0.815. The fourth-order valence-electron chi connectivity index (χ4n) is 0.936. The highest BCUT2D eigenvalue weighted by molar-refractivity contribution is 6.66. The summed E-state index contributed by atoms with van der Waals surface area (Å²) in [6.07, 6.45) is 0. The molecule has 0 heterocycles. The first-order valence-electron chi connectivity index (χ1n) is 3.43. The predicted molar refractivity (Wildman–Crippen MR) is 52.9 cm³/mol. The van der Waals surface area contributed by atoms with Crippen LogP contribution in [0.15, 0.2) is 12.1 Å². The molecule has 5 nitrogen and oxygen atoms in total. The molecular formula is C6H4BCl2NO4. The molecule has 0 aromatic heterocycles. The van der Waals surface area contributed by atoms with E-state index in [4.69, 9.17) is 33.2 Å². The highest BCUT2D eigenvalue weighted by Gasteiger charge is 2.25. The van der Waals surface area contributed by atoms with Gasteiger partial charge in [0.1, 0.15) is 5.02 Å². The van der Waals surface area contributed by atoms with Crippen LogP contribution in [0.5, 0.6) is 0 Å². The van der Waals surface area contributed by atoms with Crippen molar-refractivity contribution in [3.8, 4) is 0 Å². The minimum absolute atomic E-state index is 0.0319. The first-order valence-corrected chi connectivity index (χ1v) is 4.19. The highest BCUT2D eigenvalue weighted by atomic mass is 35.5. The van der Waals surface area contributed by atoms with E-state index in [-0.39, 0.29) is 15.5 Å². The number of nitro groups is 1. The summed E-state index contributed by atoms with van der Waals surface area (Å²) >= 11 is 11.1. The fraction of sp³-hybridized carbons (Fsp3) is 0. The highest BCUT2D eigenvalue weighted by Crippen LogP contribution is 2.25. The Balaban J connectivity index is 3.41. The molecule has 0 atom stereocenters. The van der Waals surface area contributed by atoms with Gasteiger partial charge in [-0.3, -0.25) is 10.1 Å². The maximum absolute atomic E-state index is 10.4. The summed E-state index contributed by atoms with van der Waals surface area (Å²) in [5, 5.41) is 27.7. The molecule has 0 bridgehead atoms. The number of hydrogen-bond donors (Lipinski definition) is 2. The van der Waals surface area contributed by atoms with Crippen molar-refractivity contribution >= 4 is 41.5 Å². The first kappa shape index (κ1) is 11.3. The molecule has 1 aromatic carbocycles. The van der Waals surface area contributed by atoms with Crippen LogP contribution in [0, 0.1) is 10.1 Å². The zero-order chi connectivity index (χ0) is 10.9. The lowest BCUT2D eigenvalue weighted by Crippen LogP contribution is -2.32.